The lowest BCUT2D eigenvalue weighted by molar-refractivity contribution is 0.196. The van der Waals surface area contributed by atoms with Crippen LogP contribution in [0.25, 0.3) is 0 Å². The summed E-state index contributed by atoms with van der Waals surface area (Å²) in [5.74, 6) is -0.495. The molecule has 0 saturated heterocycles. The lowest BCUT2D eigenvalue weighted by Gasteiger charge is -1.93. The lowest BCUT2D eigenvalue weighted by Crippen LogP contribution is -2.12. The fraction of sp³-hybridized carbons (Fsp3) is 0. The average Bonchev–Trinajstić information content (AvgIpc) is 2.54. The van der Waals surface area contributed by atoms with E-state index in [9.17, 15) is 4.79 Å². The van der Waals surface area contributed by atoms with Crippen molar-refractivity contribution >= 4 is 6.09 Å². The summed E-state index contributed by atoms with van der Waals surface area (Å²) in [7, 11) is 0. The molecule has 0 aromatic carbocycles. The van der Waals surface area contributed by atoms with Crippen molar-refractivity contribution in [2.45, 2.75) is 0 Å². The number of carboxylic acid groups (broad SMARTS) is 1. The van der Waals surface area contributed by atoms with Crippen LogP contribution in [0.4, 0.5) is 4.79 Å². The molecule has 0 radical (unpaired) electrons. The van der Waals surface area contributed by atoms with Crippen LogP contribution in [0.2, 0.25) is 0 Å². The van der Waals surface area contributed by atoms with Crippen LogP contribution in [0.3, 0.4) is 0 Å². The van der Waals surface area contributed by atoms with Crippen molar-refractivity contribution in [3.05, 3.63) is 17.2 Å². The number of nitrogens with zero attached hydrogens (tertiary/aromatic N) is 5. The molecule has 14 heavy (non-hydrogen) atoms. The van der Waals surface area contributed by atoms with Gasteiger partial charge in [0, 0.05) is 0 Å². The van der Waals surface area contributed by atoms with Crippen molar-refractivity contribution in [2.75, 3.05) is 0 Å². The van der Waals surface area contributed by atoms with Gasteiger partial charge in [-0.05, 0) is 0 Å². The largest absolute Gasteiger partial charge is 0.464 e. The highest BCUT2D eigenvalue weighted by molar-refractivity contribution is 5.73. The smallest absolute Gasteiger partial charge is 0.418 e. The molecule has 0 fully saturated rings. The zero-order valence-electron chi connectivity index (χ0n) is 6.59. The second-order valence-electron chi connectivity index (χ2n) is 2.09. The zero-order chi connectivity index (χ0) is 10.7. The maximum absolute atomic E-state index is 10.6. The third kappa shape index (κ3) is 1.13. The van der Waals surface area contributed by atoms with E-state index in [0.717, 1.165) is 0 Å². The number of hydrogen-bond acceptors (Lipinski definition) is 5. The molecule has 7 nitrogen and oxygen atoms in total. The Morgan fingerprint density at radius 3 is 2.29 bits per heavy atom. The maximum atomic E-state index is 10.6. The van der Waals surface area contributed by atoms with Crippen molar-refractivity contribution in [3.8, 4) is 18.2 Å². The summed E-state index contributed by atoms with van der Waals surface area (Å²) in [5.41, 5.74) is -0.817. The fourth-order valence-corrected chi connectivity index (χ4v) is 0.863. The van der Waals surface area contributed by atoms with Crippen molar-refractivity contribution in [1.82, 2.24) is 9.55 Å². The molecule has 0 spiro atoms. The van der Waals surface area contributed by atoms with Crippen LogP contribution in [0.1, 0.15) is 17.2 Å². The molecule has 66 valence electrons. The van der Waals surface area contributed by atoms with Gasteiger partial charge in [-0.15, -0.1) is 0 Å². The number of carbonyl (C=O) groups is 1. The van der Waals surface area contributed by atoms with E-state index in [4.69, 9.17) is 20.9 Å². The zero-order valence-corrected chi connectivity index (χ0v) is 6.59. The SMILES string of the molecule is N#Cc1nc(C#N)n(C(=O)O)c1C#N. The van der Waals surface area contributed by atoms with Crippen molar-refractivity contribution in [2.24, 2.45) is 0 Å². The van der Waals surface area contributed by atoms with Gasteiger partial charge in [0.05, 0.1) is 0 Å². The Hall–Kier alpha value is -2.85. The van der Waals surface area contributed by atoms with Gasteiger partial charge in [0.25, 0.3) is 0 Å². The fourth-order valence-electron chi connectivity index (χ4n) is 0.863. The van der Waals surface area contributed by atoms with Gasteiger partial charge >= 0.3 is 6.09 Å². The summed E-state index contributed by atoms with van der Waals surface area (Å²) in [4.78, 5) is 14.0. The molecule has 1 N–H and O–H groups in total. The summed E-state index contributed by atoms with van der Waals surface area (Å²) in [6, 6.07) is 4.50. The van der Waals surface area contributed by atoms with E-state index in [1.54, 1.807) is 0 Å². The summed E-state index contributed by atoms with van der Waals surface area (Å²) in [5, 5.41) is 34.1. The standard InChI is InChI=1S/C7HN5O2/c8-1-4-5(2-9)12(7(13)14)6(3-10)11-4/h(H,13,14). The van der Waals surface area contributed by atoms with Crippen LogP contribution in [0.15, 0.2) is 0 Å². The third-order valence-corrected chi connectivity index (χ3v) is 1.38. The van der Waals surface area contributed by atoms with Crippen molar-refractivity contribution in [1.29, 1.82) is 15.8 Å². The van der Waals surface area contributed by atoms with Crippen LogP contribution in [-0.4, -0.2) is 20.8 Å². The minimum Gasteiger partial charge on any atom is -0.464 e. The Bertz CT molecular complexity index is 522. The molecule has 1 aromatic rings. The summed E-state index contributed by atoms with van der Waals surface area (Å²) < 4.78 is 0.374. The van der Waals surface area contributed by atoms with Crippen LogP contribution in [-0.2, 0) is 0 Å². The lowest BCUT2D eigenvalue weighted by atomic mass is 10.4. The first-order valence-electron chi connectivity index (χ1n) is 3.22. The number of nitriles is 3. The second-order valence-corrected chi connectivity index (χ2v) is 2.09. The van der Waals surface area contributed by atoms with E-state index in [2.05, 4.69) is 4.98 Å². The minimum absolute atomic E-state index is 0.369. The van der Waals surface area contributed by atoms with E-state index in [1.165, 1.54) is 18.2 Å². The van der Waals surface area contributed by atoms with E-state index in [1.807, 2.05) is 0 Å². The molecular weight excluding hydrogens is 186 g/mol. The normalized spacial score (nSPS) is 8.36. The maximum Gasteiger partial charge on any atom is 0.418 e. The first kappa shape index (κ1) is 9.24. The molecule has 0 aliphatic rings. The Kier molecular flexibility index (Phi) is 2.15. The van der Waals surface area contributed by atoms with Crippen molar-refractivity contribution < 1.29 is 9.90 Å². The van der Waals surface area contributed by atoms with Gasteiger partial charge in [-0.25, -0.2) is 14.3 Å². The molecule has 1 aromatic heterocycles. The Morgan fingerprint density at radius 1 is 1.29 bits per heavy atom. The topological polar surface area (TPSA) is 126 Å². The number of rotatable bonds is 0. The number of aromatic nitrogens is 2. The van der Waals surface area contributed by atoms with Gasteiger partial charge in [-0.2, -0.15) is 15.8 Å². The highest BCUT2D eigenvalue weighted by Gasteiger charge is 2.20. The summed E-state index contributed by atoms with van der Waals surface area (Å²) in [6.45, 7) is 0. The van der Waals surface area contributed by atoms with Gasteiger partial charge in [0.1, 0.15) is 18.2 Å². The molecule has 0 aliphatic heterocycles. The predicted octanol–water partition coefficient (Wildman–Crippen LogP) is 0.0242. The molecule has 0 saturated carbocycles. The molecule has 0 bridgehead atoms. The average molecular weight is 187 g/mol. The van der Waals surface area contributed by atoms with E-state index in [0.29, 0.717) is 4.57 Å². The van der Waals surface area contributed by atoms with Gasteiger partial charge < -0.3 is 5.11 Å². The molecule has 0 aliphatic carbocycles. The molecule has 1 heterocycles. The molecule has 7 heteroatoms. The van der Waals surface area contributed by atoms with Gasteiger partial charge in [-0.1, -0.05) is 0 Å². The van der Waals surface area contributed by atoms with E-state index >= 15 is 0 Å². The molecule has 0 amide bonds. The quantitative estimate of drug-likeness (QED) is 0.610. The van der Waals surface area contributed by atoms with Gasteiger partial charge in [0.2, 0.25) is 5.82 Å². The first-order valence-corrected chi connectivity index (χ1v) is 3.22. The Labute approximate surface area is 77.7 Å². The minimum atomic E-state index is -1.52. The summed E-state index contributed by atoms with van der Waals surface area (Å²) >= 11 is 0. The van der Waals surface area contributed by atoms with E-state index < -0.39 is 17.6 Å². The number of hydrogen-bond donors (Lipinski definition) is 1. The first-order chi connectivity index (χ1) is 6.65. The highest BCUT2D eigenvalue weighted by Crippen LogP contribution is 2.09. The summed E-state index contributed by atoms with van der Waals surface area (Å²) in [6.07, 6.45) is -1.52. The monoisotopic (exact) mass is 187 g/mol. The number of imidazole rings is 1. The van der Waals surface area contributed by atoms with Crippen molar-refractivity contribution in [3.63, 3.8) is 0 Å². The Morgan fingerprint density at radius 2 is 1.93 bits per heavy atom. The second kappa shape index (κ2) is 3.26. The molecule has 0 atom stereocenters. The van der Waals surface area contributed by atoms with Gasteiger partial charge in [-0.3, -0.25) is 0 Å². The molecule has 1 rings (SSSR count). The third-order valence-electron chi connectivity index (χ3n) is 1.38. The Balaban J connectivity index is 3.64. The highest BCUT2D eigenvalue weighted by atomic mass is 16.4. The van der Waals surface area contributed by atoms with Crippen LogP contribution >= 0.6 is 0 Å². The van der Waals surface area contributed by atoms with Crippen LogP contribution < -0.4 is 0 Å². The van der Waals surface area contributed by atoms with Crippen LogP contribution in [0.5, 0.6) is 0 Å². The molecule has 0 unspecified atom stereocenters. The molecular formula is C7HN5O2. The van der Waals surface area contributed by atoms with Crippen LogP contribution in [0, 0.1) is 34.0 Å². The van der Waals surface area contributed by atoms with E-state index in [-0.39, 0.29) is 5.69 Å². The van der Waals surface area contributed by atoms with Gasteiger partial charge in [0.15, 0.2) is 11.4 Å². The predicted molar refractivity (Wildman–Crippen MR) is 39.8 cm³/mol.